The third kappa shape index (κ3) is 5.32. The largest absolute Gasteiger partial charge is 0.321 e. The molecular formula is C20H17ClN2O3S. The number of hydrogen-bond donors (Lipinski definition) is 2. The summed E-state index contributed by atoms with van der Waals surface area (Å²) in [5, 5.41) is 5.22. The van der Waals surface area contributed by atoms with E-state index in [1.165, 1.54) is 24.3 Å². The van der Waals surface area contributed by atoms with Crippen molar-refractivity contribution in [1.82, 2.24) is 0 Å². The van der Waals surface area contributed by atoms with Gasteiger partial charge in [0.2, 0.25) is 15.9 Å². The van der Waals surface area contributed by atoms with Gasteiger partial charge in [0.15, 0.2) is 0 Å². The molecule has 138 valence electrons. The molecule has 0 bridgehead atoms. The monoisotopic (exact) mass is 400 g/mol. The summed E-state index contributed by atoms with van der Waals surface area (Å²) in [6, 6.07) is 18.3. The van der Waals surface area contributed by atoms with Gasteiger partial charge in [0.25, 0.3) is 0 Å². The van der Waals surface area contributed by atoms with Crippen LogP contribution in [-0.2, 0) is 14.8 Å². The van der Waals surface area contributed by atoms with Crippen LogP contribution in [0.1, 0.15) is 5.56 Å². The standard InChI is InChI=1S/C20H17ClN2O3S/c1-27(25,26)23-18-10-9-17(21)13-19(18)22-20(24)11-7-14-6-8-15-4-2-3-5-16(15)12-14/h2-13,23H,1H3,(H,22,24). The molecule has 0 saturated heterocycles. The zero-order valence-corrected chi connectivity index (χ0v) is 16.0. The van der Waals surface area contributed by atoms with E-state index in [0.717, 1.165) is 22.6 Å². The minimum Gasteiger partial charge on any atom is -0.321 e. The fourth-order valence-corrected chi connectivity index (χ4v) is 3.32. The minimum atomic E-state index is -3.49. The normalized spacial score (nSPS) is 11.6. The molecule has 0 aliphatic carbocycles. The Hall–Kier alpha value is -2.83. The SMILES string of the molecule is CS(=O)(=O)Nc1ccc(Cl)cc1NC(=O)C=Cc1ccc2ccccc2c1. The van der Waals surface area contributed by atoms with Crippen LogP contribution in [0.5, 0.6) is 0 Å². The molecule has 0 aromatic heterocycles. The Morgan fingerprint density at radius 3 is 2.44 bits per heavy atom. The minimum absolute atomic E-state index is 0.245. The van der Waals surface area contributed by atoms with Gasteiger partial charge in [0.05, 0.1) is 17.6 Å². The first-order valence-corrected chi connectivity index (χ1v) is 10.3. The van der Waals surface area contributed by atoms with Crippen molar-refractivity contribution in [2.45, 2.75) is 0 Å². The second-order valence-corrected chi connectivity index (χ2v) is 8.18. The first kappa shape index (κ1) is 18.9. The number of halogens is 1. The predicted octanol–water partition coefficient (Wildman–Crippen LogP) is 4.52. The highest BCUT2D eigenvalue weighted by atomic mass is 35.5. The van der Waals surface area contributed by atoms with Gasteiger partial charge in [-0.05, 0) is 46.7 Å². The van der Waals surface area contributed by atoms with E-state index in [2.05, 4.69) is 10.0 Å². The lowest BCUT2D eigenvalue weighted by atomic mass is 10.1. The Bertz CT molecular complexity index is 1140. The van der Waals surface area contributed by atoms with E-state index in [-0.39, 0.29) is 11.4 Å². The number of hydrogen-bond acceptors (Lipinski definition) is 3. The molecule has 7 heteroatoms. The van der Waals surface area contributed by atoms with Crippen molar-refractivity contribution < 1.29 is 13.2 Å². The summed E-state index contributed by atoms with van der Waals surface area (Å²) in [4.78, 5) is 12.3. The van der Waals surface area contributed by atoms with Crippen molar-refractivity contribution in [3.63, 3.8) is 0 Å². The second-order valence-electron chi connectivity index (χ2n) is 5.99. The van der Waals surface area contributed by atoms with Crippen molar-refractivity contribution in [3.05, 3.63) is 77.3 Å². The lowest BCUT2D eigenvalue weighted by Crippen LogP contribution is -2.14. The summed E-state index contributed by atoms with van der Waals surface area (Å²) < 4.78 is 25.3. The van der Waals surface area contributed by atoms with Gasteiger partial charge in [0, 0.05) is 11.1 Å². The van der Waals surface area contributed by atoms with E-state index in [4.69, 9.17) is 11.6 Å². The molecule has 1 amide bonds. The van der Waals surface area contributed by atoms with Crippen molar-refractivity contribution in [1.29, 1.82) is 0 Å². The zero-order chi connectivity index (χ0) is 19.4. The van der Waals surface area contributed by atoms with Crippen LogP contribution < -0.4 is 10.0 Å². The van der Waals surface area contributed by atoms with Gasteiger partial charge >= 0.3 is 0 Å². The van der Waals surface area contributed by atoms with E-state index in [1.54, 1.807) is 6.08 Å². The van der Waals surface area contributed by atoms with Crippen LogP contribution in [-0.4, -0.2) is 20.6 Å². The smallest absolute Gasteiger partial charge is 0.248 e. The van der Waals surface area contributed by atoms with Gasteiger partial charge < -0.3 is 5.32 Å². The summed E-state index contributed by atoms with van der Waals surface area (Å²) >= 11 is 5.95. The number of carbonyl (C=O) groups excluding carboxylic acids is 1. The van der Waals surface area contributed by atoms with Crippen LogP contribution in [0.4, 0.5) is 11.4 Å². The van der Waals surface area contributed by atoms with Crippen molar-refractivity contribution in [3.8, 4) is 0 Å². The fourth-order valence-electron chi connectivity index (χ4n) is 2.57. The second kappa shape index (κ2) is 7.82. The molecule has 0 radical (unpaired) electrons. The topological polar surface area (TPSA) is 75.3 Å². The van der Waals surface area contributed by atoms with Crippen LogP contribution in [0, 0.1) is 0 Å². The Balaban J connectivity index is 1.78. The number of anilines is 2. The van der Waals surface area contributed by atoms with Crippen molar-refractivity contribution in [2.24, 2.45) is 0 Å². The molecule has 0 unspecified atom stereocenters. The summed E-state index contributed by atoms with van der Waals surface area (Å²) in [6.07, 6.45) is 4.11. The van der Waals surface area contributed by atoms with Crippen LogP contribution in [0.25, 0.3) is 16.8 Å². The van der Waals surface area contributed by atoms with E-state index >= 15 is 0 Å². The maximum Gasteiger partial charge on any atom is 0.248 e. The molecule has 0 atom stereocenters. The Kier molecular flexibility index (Phi) is 5.48. The average molecular weight is 401 g/mol. The fraction of sp³-hybridized carbons (Fsp3) is 0.0500. The predicted molar refractivity (Wildman–Crippen MR) is 112 cm³/mol. The third-order valence-electron chi connectivity index (χ3n) is 3.74. The molecule has 0 saturated carbocycles. The van der Waals surface area contributed by atoms with Gasteiger partial charge in [-0.2, -0.15) is 0 Å². The maximum atomic E-state index is 12.3. The van der Waals surface area contributed by atoms with E-state index in [1.807, 2.05) is 42.5 Å². The maximum absolute atomic E-state index is 12.3. The number of sulfonamides is 1. The summed E-state index contributed by atoms with van der Waals surface area (Å²) in [5.41, 5.74) is 1.40. The summed E-state index contributed by atoms with van der Waals surface area (Å²) in [6.45, 7) is 0. The molecule has 0 heterocycles. The molecular weight excluding hydrogens is 384 g/mol. The Labute approximate surface area is 162 Å². The van der Waals surface area contributed by atoms with Crippen LogP contribution in [0.2, 0.25) is 5.02 Å². The molecule has 0 fully saturated rings. The van der Waals surface area contributed by atoms with Gasteiger partial charge in [-0.3, -0.25) is 9.52 Å². The number of fused-ring (bicyclic) bond motifs is 1. The van der Waals surface area contributed by atoms with Gasteiger partial charge in [-0.1, -0.05) is 48.0 Å². The lowest BCUT2D eigenvalue weighted by molar-refractivity contribution is -0.111. The Morgan fingerprint density at radius 1 is 0.963 bits per heavy atom. The molecule has 3 aromatic rings. The summed E-state index contributed by atoms with van der Waals surface area (Å²) in [7, 11) is -3.49. The Morgan fingerprint density at radius 2 is 1.70 bits per heavy atom. The highest BCUT2D eigenvalue weighted by Crippen LogP contribution is 2.26. The number of carbonyl (C=O) groups is 1. The number of amides is 1. The molecule has 5 nitrogen and oxygen atoms in total. The highest BCUT2D eigenvalue weighted by Gasteiger charge is 2.10. The molecule has 2 N–H and O–H groups in total. The first-order valence-electron chi connectivity index (χ1n) is 8.05. The molecule has 0 aliphatic rings. The average Bonchev–Trinajstić information content (AvgIpc) is 2.61. The van der Waals surface area contributed by atoms with Crippen LogP contribution in [0.15, 0.2) is 66.7 Å². The number of rotatable bonds is 5. The van der Waals surface area contributed by atoms with Crippen molar-refractivity contribution in [2.75, 3.05) is 16.3 Å². The van der Waals surface area contributed by atoms with E-state index in [9.17, 15) is 13.2 Å². The van der Waals surface area contributed by atoms with Crippen LogP contribution >= 0.6 is 11.6 Å². The highest BCUT2D eigenvalue weighted by molar-refractivity contribution is 7.92. The summed E-state index contributed by atoms with van der Waals surface area (Å²) in [5.74, 6) is -0.401. The zero-order valence-electron chi connectivity index (χ0n) is 14.4. The molecule has 0 aliphatic heterocycles. The van der Waals surface area contributed by atoms with Gasteiger partial charge in [-0.15, -0.1) is 0 Å². The van der Waals surface area contributed by atoms with E-state index < -0.39 is 15.9 Å². The molecule has 27 heavy (non-hydrogen) atoms. The number of benzene rings is 3. The quantitative estimate of drug-likeness (QED) is 0.618. The number of nitrogens with one attached hydrogen (secondary N) is 2. The first-order chi connectivity index (χ1) is 12.8. The van der Waals surface area contributed by atoms with Crippen LogP contribution in [0.3, 0.4) is 0 Å². The molecule has 3 aromatic carbocycles. The lowest BCUT2D eigenvalue weighted by Gasteiger charge is -2.11. The molecule has 3 rings (SSSR count). The molecule has 0 spiro atoms. The van der Waals surface area contributed by atoms with Gasteiger partial charge in [-0.25, -0.2) is 8.42 Å². The van der Waals surface area contributed by atoms with Gasteiger partial charge in [0.1, 0.15) is 0 Å². The third-order valence-corrected chi connectivity index (χ3v) is 4.56. The van der Waals surface area contributed by atoms with E-state index in [0.29, 0.717) is 5.02 Å². The van der Waals surface area contributed by atoms with Crippen molar-refractivity contribution >= 4 is 55.8 Å².